The van der Waals surface area contributed by atoms with Gasteiger partial charge in [-0.3, -0.25) is 4.68 Å². The fraction of sp³-hybridized carbons (Fsp3) is 0.471. The van der Waals surface area contributed by atoms with Crippen molar-refractivity contribution in [1.29, 1.82) is 0 Å². The van der Waals surface area contributed by atoms with E-state index in [-0.39, 0.29) is 0 Å². The summed E-state index contributed by atoms with van der Waals surface area (Å²) in [5, 5.41) is 8.88. The van der Waals surface area contributed by atoms with Gasteiger partial charge in [-0.15, -0.1) is 5.10 Å². The van der Waals surface area contributed by atoms with Crippen molar-refractivity contribution in [3.63, 3.8) is 0 Å². The van der Waals surface area contributed by atoms with Gasteiger partial charge in [0, 0.05) is 45.1 Å². The molecule has 0 bridgehead atoms. The molecule has 1 saturated heterocycles. The van der Waals surface area contributed by atoms with Crippen molar-refractivity contribution in [2.45, 2.75) is 31.2 Å². The number of hydrogen-bond donors (Lipinski definition) is 0. The lowest BCUT2D eigenvalue weighted by Gasteiger charge is -2.35. The molecule has 5 rings (SSSR count). The van der Waals surface area contributed by atoms with E-state index in [1.54, 1.807) is 15.0 Å². The van der Waals surface area contributed by atoms with Crippen LogP contribution in [-0.4, -0.2) is 63.3 Å². The van der Waals surface area contributed by atoms with Crippen LogP contribution < -0.4 is 4.90 Å². The molecule has 2 aliphatic rings. The van der Waals surface area contributed by atoms with Gasteiger partial charge in [-0.2, -0.15) is 9.40 Å². The van der Waals surface area contributed by atoms with E-state index in [1.165, 1.54) is 6.20 Å². The van der Waals surface area contributed by atoms with Crippen LogP contribution in [0, 0.1) is 6.92 Å². The number of nitrogens with zero attached hydrogens (tertiary/aromatic N) is 7. The van der Waals surface area contributed by atoms with Crippen LogP contribution in [-0.2, 0) is 23.0 Å². The first kappa shape index (κ1) is 16.7. The molecule has 0 aromatic carbocycles. The quantitative estimate of drug-likeness (QED) is 0.657. The van der Waals surface area contributed by atoms with Gasteiger partial charge in [0.05, 0.1) is 11.9 Å². The van der Waals surface area contributed by atoms with Crippen LogP contribution in [0.4, 0.5) is 5.82 Å². The van der Waals surface area contributed by atoms with Crippen LogP contribution in [0.25, 0.3) is 5.65 Å². The maximum absolute atomic E-state index is 13.1. The van der Waals surface area contributed by atoms with E-state index in [1.807, 2.05) is 23.9 Å². The molecule has 0 unspecified atom stereocenters. The molecule has 9 nitrogen and oxygen atoms in total. The predicted molar refractivity (Wildman–Crippen MR) is 99.2 cm³/mol. The Balaban J connectivity index is 1.37. The third kappa shape index (κ3) is 2.62. The average molecular weight is 387 g/mol. The van der Waals surface area contributed by atoms with Gasteiger partial charge in [0.15, 0.2) is 11.5 Å². The molecule has 142 valence electrons. The van der Waals surface area contributed by atoms with Gasteiger partial charge in [0.2, 0.25) is 10.0 Å². The Hall–Kier alpha value is -2.46. The van der Waals surface area contributed by atoms with E-state index in [0.29, 0.717) is 31.1 Å². The van der Waals surface area contributed by atoms with Gasteiger partial charge in [0.25, 0.3) is 0 Å². The van der Waals surface area contributed by atoms with Crippen molar-refractivity contribution in [2.24, 2.45) is 0 Å². The zero-order valence-corrected chi connectivity index (χ0v) is 15.9. The highest BCUT2D eigenvalue weighted by Gasteiger charge is 2.33. The molecule has 0 spiro atoms. The van der Waals surface area contributed by atoms with Crippen LogP contribution in [0.1, 0.15) is 17.7 Å². The smallest absolute Gasteiger partial charge is 0.246 e. The molecule has 0 amide bonds. The first-order valence-corrected chi connectivity index (χ1v) is 10.6. The predicted octanol–water partition coefficient (Wildman–Crippen LogP) is 0.691. The van der Waals surface area contributed by atoms with Crippen molar-refractivity contribution in [1.82, 2.24) is 28.7 Å². The van der Waals surface area contributed by atoms with Crippen molar-refractivity contribution in [2.75, 3.05) is 31.1 Å². The van der Waals surface area contributed by atoms with Gasteiger partial charge in [-0.25, -0.2) is 17.9 Å². The van der Waals surface area contributed by atoms with Gasteiger partial charge >= 0.3 is 0 Å². The van der Waals surface area contributed by atoms with Crippen LogP contribution in [0.2, 0.25) is 0 Å². The number of imidazole rings is 1. The lowest BCUT2D eigenvalue weighted by molar-refractivity contribution is 0.382. The fourth-order valence-electron chi connectivity index (χ4n) is 3.98. The number of aryl methyl sites for hydroxylation is 2. The molecular weight excluding hydrogens is 366 g/mol. The van der Waals surface area contributed by atoms with Crippen LogP contribution >= 0.6 is 0 Å². The van der Waals surface area contributed by atoms with Gasteiger partial charge in [-0.05, 0) is 31.4 Å². The largest absolute Gasteiger partial charge is 0.352 e. The van der Waals surface area contributed by atoms with E-state index < -0.39 is 10.0 Å². The molecule has 0 aliphatic carbocycles. The first-order valence-electron chi connectivity index (χ1n) is 9.15. The summed E-state index contributed by atoms with van der Waals surface area (Å²) in [5.74, 6) is 0.879. The number of fused-ring (bicyclic) bond motifs is 2. The van der Waals surface area contributed by atoms with E-state index in [2.05, 4.69) is 20.1 Å². The van der Waals surface area contributed by atoms with E-state index in [0.717, 1.165) is 42.1 Å². The zero-order valence-electron chi connectivity index (χ0n) is 15.1. The van der Waals surface area contributed by atoms with Crippen LogP contribution in [0.15, 0.2) is 29.6 Å². The summed E-state index contributed by atoms with van der Waals surface area (Å²) in [4.78, 5) is 6.77. The van der Waals surface area contributed by atoms with Gasteiger partial charge in [-0.1, -0.05) is 0 Å². The maximum atomic E-state index is 13.1. The van der Waals surface area contributed by atoms with E-state index in [9.17, 15) is 8.42 Å². The third-order valence-corrected chi connectivity index (χ3v) is 7.34. The Bertz CT molecular complexity index is 1110. The maximum Gasteiger partial charge on any atom is 0.246 e. The van der Waals surface area contributed by atoms with Crippen molar-refractivity contribution in [3.05, 3.63) is 35.9 Å². The van der Waals surface area contributed by atoms with Gasteiger partial charge in [0.1, 0.15) is 4.90 Å². The molecular formula is C17H21N7O2S. The molecule has 0 atom stereocenters. The minimum atomic E-state index is -3.50. The number of rotatable bonds is 3. The van der Waals surface area contributed by atoms with E-state index >= 15 is 0 Å². The SMILES string of the molecule is Cc1cc2nccn2nc1N1CCN(S(=O)(=O)c2cnn3c2CCC3)CC1. The average Bonchev–Trinajstić information content (AvgIpc) is 3.37. The van der Waals surface area contributed by atoms with E-state index in [4.69, 9.17) is 0 Å². The number of hydrogen-bond acceptors (Lipinski definition) is 6. The second-order valence-corrected chi connectivity index (χ2v) is 8.96. The molecule has 27 heavy (non-hydrogen) atoms. The molecule has 0 saturated carbocycles. The summed E-state index contributed by atoms with van der Waals surface area (Å²) >= 11 is 0. The first-order chi connectivity index (χ1) is 13.0. The minimum Gasteiger partial charge on any atom is -0.352 e. The van der Waals surface area contributed by atoms with Gasteiger partial charge < -0.3 is 4.90 Å². The normalized spacial score (nSPS) is 18.3. The number of sulfonamides is 1. The molecule has 1 fully saturated rings. The lowest BCUT2D eigenvalue weighted by Crippen LogP contribution is -2.49. The summed E-state index contributed by atoms with van der Waals surface area (Å²) in [6.07, 6.45) is 6.79. The Labute approximate surface area is 157 Å². The highest BCUT2D eigenvalue weighted by molar-refractivity contribution is 7.89. The highest BCUT2D eigenvalue weighted by Crippen LogP contribution is 2.27. The second kappa shape index (κ2) is 6.03. The molecule has 3 aromatic heterocycles. The fourth-order valence-corrected chi connectivity index (χ4v) is 5.59. The summed E-state index contributed by atoms with van der Waals surface area (Å²) in [6, 6.07) is 2.00. The summed E-state index contributed by atoms with van der Waals surface area (Å²) in [7, 11) is -3.50. The molecule has 0 N–H and O–H groups in total. The summed E-state index contributed by atoms with van der Waals surface area (Å²) in [5.41, 5.74) is 2.70. The standard InChI is InChI=1S/C17H21N7O2S/c1-13-11-16-18-4-6-24(16)20-17(13)21-7-9-22(10-8-21)27(25,26)15-12-19-23-5-2-3-14(15)23/h4,6,11-12H,2-3,5,7-10H2,1H3. The second-order valence-electron chi connectivity index (χ2n) is 7.05. The Morgan fingerprint density at radius 2 is 1.93 bits per heavy atom. The van der Waals surface area contributed by atoms with Crippen molar-refractivity contribution in [3.8, 4) is 0 Å². The highest BCUT2D eigenvalue weighted by atomic mass is 32.2. The molecule has 5 heterocycles. The van der Waals surface area contributed by atoms with Crippen LogP contribution in [0.3, 0.4) is 0 Å². The molecule has 0 radical (unpaired) electrons. The van der Waals surface area contributed by atoms with Crippen molar-refractivity contribution >= 4 is 21.5 Å². The lowest BCUT2D eigenvalue weighted by atomic mass is 10.2. The van der Waals surface area contributed by atoms with Crippen molar-refractivity contribution < 1.29 is 8.42 Å². The Morgan fingerprint density at radius 1 is 1.11 bits per heavy atom. The number of piperazine rings is 1. The van der Waals surface area contributed by atoms with Crippen LogP contribution in [0.5, 0.6) is 0 Å². The zero-order chi connectivity index (χ0) is 18.6. The third-order valence-electron chi connectivity index (χ3n) is 5.40. The summed E-state index contributed by atoms with van der Waals surface area (Å²) in [6.45, 7) is 4.91. The molecule has 2 aliphatic heterocycles. The number of anilines is 1. The summed E-state index contributed by atoms with van der Waals surface area (Å²) < 4.78 is 31.3. The molecule has 10 heteroatoms. The Kier molecular flexibility index (Phi) is 3.73. The minimum absolute atomic E-state index is 0.377. The topological polar surface area (TPSA) is 88.6 Å². The monoisotopic (exact) mass is 387 g/mol. The molecule has 3 aromatic rings. The Morgan fingerprint density at radius 3 is 2.74 bits per heavy atom. The number of aromatic nitrogens is 5.